The van der Waals surface area contributed by atoms with E-state index in [1.54, 1.807) is 0 Å². The van der Waals surface area contributed by atoms with E-state index in [9.17, 15) is 9.59 Å². The van der Waals surface area contributed by atoms with Gasteiger partial charge in [-0.2, -0.15) is 0 Å². The fraction of sp³-hybridized carbons (Fsp3) is 0.556. The second-order valence-corrected chi connectivity index (χ2v) is 6.64. The molecule has 2 amide bonds. The van der Waals surface area contributed by atoms with Crippen LogP contribution in [0.5, 0.6) is 0 Å². The zero-order chi connectivity index (χ0) is 16.9. The van der Waals surface area contributed by atoms with Gasteiger partial charge < -0.3 is 15.0 Å². The lowest BCUT2D eigenvalue weighted by atomic mass is 10.0. The summed E-state index contributed by atoms with van der Waals surface area (Å²) < 4.78 is 5.76. The molecule has 1 atom stereocenters. The molecular weight excluding hydrogens is 292 g/mol. The lowest BCUT2D eigenvalue weighted by Crippen LogP contribution is -2.43. The van der Waals surface area contributed by atoms with E-state index in [1.165, 1.54) is 6.92 Å². The lowest BCUT2D eigenvalue weighted by molar-refractivity contribution is -0.134. The summed E-state index contributed by atoms with van der Waals surface area (Å²) in [6.45, 7) is 7.42. The molecule has 0 bridgehead atoms. The van der Waals surface area contributed by atoms with Crippen molar-refractivity contribution in [3.63, 3.8) is 0 Å². The highest BCUT2D eigenvalue weighted by atomic mass is 16.5. The first-order chi connectivity index (χ1) is 10.9. The molecule has 1 saturated heterocycles. The predicted molar refractivity (Wildman–Crippen MR) is 88.8 cm³/mol. The highest BCUT2D eigenvalue weighted by molar-refractivity contribution is 5.79. The summed E-state index contributed by atoms with van der Waals surface area (Å²) in [6.07, 6.45) is 1.10. The van der Waals surface area contributed by atoms with E-state index in [-0.39, 0.29) is 29.9 Å². The molecule has 5 nitrogen and oxygen atoms in total. The van der Waals surface area contributed by atoms with Gasteiger partial charge in [-0.15, -0.1) is 0 Å². The average Bonchev–Trinajstić information content (AvgIpc) is 2.68. The Morgan fingerprint density at radius 2 is 2.00 bits per heavy atom. The van der Waals surface area contributed by atoms with Crippen LogP contribution in [0.25, 0.3) is 0 Å². The Balaban J connectivity index is 2.09. The maximum atomic E-state index is 12.7. The van der Waals surface area contributed by atoms with Crippen molar-refractivity contribution >= 4 is 11.8 Å². The predicted octanol–water partition coefficient (Wildman–Crippen LogP) is 2.28. The Morgan fingerprint density at radius 3 is 2.65 bits per heavy atom. The number of nitrogens with zero attached hydrogens (tertiary/aromatic N) is 1. The van der Waals surface area contributed by atoms with Crippen molar-refractivity contribution in [2.75, 3.05) is 19.7 Å². The lowest BCUT2D eigenvalue weighted by Gasteiger charge is -2.30. The molecule has 0 saturated carbocycles. The smallest absolute Gasteiger partial charge is 0.225 e. The molecule has 0 spiro atoms. The van der Waals surface area contributed by atoms with Crippen LogP contribution in [0.2, 0.25) is 0 Å². The summed E-state index contributed by atoms with van der Waals surface area (Å²) in [7, 11) is 0. The number of rotatable bonds is 4. The van der Waals surface area contributed by atoms with E-state index in [2.05, 4.69) is 5.32 Å². The summed E-state index contributed by atoms with van der Waals surface area (Å²) in [5.74, 6) is -0.0858. The summed E-state index contributed by atoms with van der Waals surface area (Å²) in [5, 5.41) is 2.88. The molecular formula is C18H26N2O3. The Morgan fingerprint density at radius 1 is 1.30 bits per heavy atom. The molecule has 5 heteroatoms. The third kappa shape index (κ3) is 5.36. The Kier molecular flexibility index (Phi) is 5.77. The van der Waals surface area contributed by atoms with Gasteiger partial charge in [0, 0.05) is 26.6 Å². The number of amides is 2. The van der Waals surface area contributed by atoms with Crippen LogP contribution in [-0.2, 0) is 14.3 Å². The molecule has 1 N–H and O–H groups in total. The fourth-order valence-corrected chi connectivity index (χ4v) is 2.89. The molecule has 1 aromatic carbocycles. The quantitative estimate of drug-likeness (QED) is 0.926. The summed E-state index contributed by atoms with van der Waals surface area (Å²) >= 11 is 0. The number of carbonyl (C=O) groups is 2. The van der Waals surface area contributed by atoms with Gasteiger partial charge in [-0.1, -0.05) is 30.3 Å². The maximum Gasteiger partial charge on any atom is 0.225 e. The molecule has 1 fully saturated rings. The minimum atomic E-state index is -0.331. The van der Waals surface area contributed by atoms with Crippen LogP contribution in [-0.4, -0.2) is 42.0 Å². The van der Waals surface area contributed by atoms with Crippen molar-refractivity contribution in [1.82, 2.24) is 10.2 Å². The second kappa shape index (κ2) is 7.59. The molecule has 2 rings (SSSR count). The van der Waals surface area contributed by atoms with Crippen LogP contribution in [0.1, 0.15) is 45.2 Å². The van der Waals surface area contributed by atoms with Gasteiger partial charge in [0.1, 0.15) is 0 Å². The molecule has 23 heavy (non-hydrogen) atoms. The van der Waals surface area contributed by atoms with Crippen molar-refractivity contribution < 1.29 is 14.3 Å². The van der Waals surface area contributed by atoms with Gasteiger partial charge in [0.15, 0.2) is 0 Å². The number of carbonyl (C=O) groups excluding carboxylic acids is 2. The molecule has 1 heterocycles. The zero-order valence-corrected chi connectivity index (χ0v) is 14.2. The van der Waals surface area contributed by atoms with Crippen LogP contribution in [0.4, 0.5) is 0 Å². The third-order valence-electron chi connectivity index (χ3n) is 3.95. The fourth-order valence-electron chi connectivity index (χ4n) is 2.89. The molecule has 0 aromatic heterocycles. The van der Waals surface area contributed by atoms with Crippen molar-refractivity contribution in [3.8, 4) is 0 Å². The summed E-state index contributed by atoms with van der Waals surface area (Å²) in [6, 6.07) is 9.32. The summed E-state index contributed by atoms with van der Waals surface area (Å²) in [5.41, 5.74) is 0.615. The Labute approximate surface area is 138 Å². The van der Waals surface area contributed by atoms with Gasteiger partial charge in [0.05, 0.1) is 18.1 Å². The average molecular weight is 318 g/mol. The third-order valence-corrected chi connectivity index (χ3v) is 3.95. The van der Waals surface area contributed by atoms with Crippen LogP contribution < -0.4 is 5.32 Å². The monoisotopic (exact) mass is 318 g/mol. The topological polar surface area (TPSA) is 58.6 Å². The van der Waals surface area contributed by atoms with E-state index in [0.717, 1.165) is 12.0 Å². The molecule has 1 aliphatic rings. The van der Waals surface area contributed by atoms with E-state index >= 15 is 0 Å². The number of hydrogen-bond acceptors (Lipinski definition) is 3. The highest BCUT2D eigenvalue weighted by Gasteiger charge is 2.29. The van der Waals surface area contributed by atoms with Gasteiger partial charge in [-0.25, -0.2) is 0 Å². The van der Waals surface area contributed by atoms with Crippen molar-refractivity contribution in [2.45, 2.75) is 45.3 Å². The molecule has 1 aromatic rings. The van der Waals surface area contributed by atoms with E-state index in [1.807, 2.05) is 49.1 Å². The van der Waals surface area contributed by atoms with Crippen LogP contribution >= 0.6 is 0 Å². The molecule has 1 unspecified atom stereocenters. The largest absolute Gasteiger partial charge is 0.374 e. The van der Waals surface area contributed by atoms with Crippen molar-refractivity contribution in [2.24, 2.45) is 0 Å². The minimum absolute atomic E-state index is 0.0474. The zero-order valence-electron chi connectivity index (χ0n) is 14.2. The number of hydrogen-bond donors (Lipinski definition) is 1. The SMILES string of the molecule is CC(=O)NC(CC(=O)N1CCCOC(C)(C)C1)c1ccccc1. The molecule has 126 valence electrons. The van der Waals surface area contributed by atoms with Crippen molar-refractivity contribution in [3.05, 3.63) is 35.9 Å². The minimum Gasteiger partial charge on any atom is -0.374 e. The van der Waals surface area contributed by atoms with Crippen LogP contribution in [0.3, 0.4) is 0 Å². The molecule has 0 aliphatic carbocycles. The molecule has 1 aliphatic heterocycles. The van der Waals surface area contributed by atoms with Crippen LogP contribution in [0, 0.1) is 0 Å². The number of benzene rings is 1. The first-order valence-electron chi connectivity index (χ1n) is 8.11. The normalized spacial score (nSPS) is 18.8. The number of ether oxygens (including phenoxy) is 1. The first kappa shape index (κ1) is 17.5. The Bertz CT molecular complexity index is 542. The van der Waals surface area contributed by atoms with Gasteiger partial charge >= 0.3 is 0 Å². The molecule has 0 radical (unpaired) electrons. The van der Waals surface area contributed by atoms with E-state index in [0.29, 0.717) is 19.7 Å². The highest BCUT2D eigenvalue weighted by Crippen LogP contribution is 2.21. The van der Waals surface area contributed by atoms with Gasteiger partial charge in [0.2, 0.25) is 11.8 Å². The number of nitrogens with one attached hydrogen (secondary N) is 1. The first-order valence-corrected chi connectivity index (χ1v) is 8.11. The second-order valence-electron chi connectivity index (χ2n) is 6.64. The summed E-state index contributed by atoms with van der Waals surface area (Å²) in [4.78, 5) is 26.1. The van der Waals surface area contributed by atoms with Crippen molar-refractivity contribution in [1.29, 1.82) is 0 Å². The standard InChI is InChI=1S/C18H26N2O3/c1-14(21)19-16(15-8-5-4-6-9-15)12-17(22)20-10-7-11-23-18(2,3)13-20/h4-6,8-9,16H,7,10-13H2,1-3H3,(H,19,21). The maximum absolute atomic E-state index is 12.7. The van der Waals surface area contributed by atoms with Gasteiger partial charge in [-0.05, 0) is 25.8 Å². The van der Waals surface area contributed by atoms with Gasteiger partial charge in [-0.3, -0.25) is 9.59 Å². The van der Waals surface area contributed by atoms with Gasteiger partial charge in [0.25, 0.3) is 0 Å². The van der Waals surface area contributed by atoms with E-state index in [4.69, 9.17) is 4.74 Å². The van der Waals surface area contributed by atoms with Crippen LogP contribution in [0.15, 0.2) is 30.3 Å². The van der Waals surface area contributed by atoms with E-state index < -0.39 is 0 Å². The Hall–Kier alpha value is -1.88.